The molecule has 0 aliphatic carbocycles. The van der Waals surface area contributed by atoms with Crippen LogP contribution in [0.15, 0.2) is 18.5 Å². The molecule has 1 fully saturated rings. The Bertz CT molecular complexity index is 902. The average Bonchev–Trinajstić information content (AvgIpc) is 3.08. The highest BCUT2D eigenvalue weighted by atomic mass is 16.7. The lowest BCUT2D eigenvalue weighted by molar-refractivity contribution is 0.00578. The van der Waals surface area contributed by atoms with Crippen LogP contribution in [-0.2, 0) is 9.31 Å². The Morgan fingerprint density at radius 1 is 1.41 bits per heavy atom. The Morgan fingerprint density at radius 2 is 2.07 bits per heavy atom. The van der Waals surface area contributed by atoms with E-state index in [9.17, 15) is 10.1 Å². The zero-order chi connectivity index (χ0) is 19.8. The van der Waals surface area contributed by atoms with Gasteiger partial charge in [-0.2, -0.15) is 10.4 Å². The summed E-state index contributed by atoms with van der Waals surface area (Å²) in [6.07, 6.45) is 1.99. The molecule has 0 bridgehead atoms. The van der Waals surface area contributed by atoms with Gasteiger partial charge in [-0.25, -0.2) is 9.31 Å². The summed E-state index contributed by atoms with van der Waals surface area (Å²) < 4.78 is 19.4. The maximum atomic E-state index is 10.5. The normalized spacial score (nSPS) is 17.7. The van der Waals surface area contributed by atoms with E-state index >= 15 is 0 Å². The summed E-state index contributed by atoms with van der Waals surface area (Å²) in [5.41, 5.74) is 0.547. The summed E-state index contributed by atoms with van der Waals surface area (Å²) in [5.74, 6) is 0.465. The van der Waals surface area contributed by atoms with E-state index in [0.29, 0.717) is 22.3 Å². The van der Waals surface area contributed by atoms with Crippen LogP contribution in [0.25, 0.3) is 5.52 Å². The molecule has 0 atom stereocenters. The number of pyridine rings is 1. The van der Waals surface area contributed by atoms with Gasteiger partial charge in [0.1, 0.15) is 18.4 Å². The molecule has 142 valence electrons. The molecule has 0 spiro atoms. The highest BCUT2D eigenvalue weighted by molar-refractivity contribution is 6.64. The van der Waals surface area contributed by atoms with Gasteiger partial charge in [0, 0.05) is 5.46 Å². The molecule has 2 aromatic rings. The first kappa shape index (κ1) is 19.0. The van der Waals surface area contributed by atoms with Gasteiger partial charge in [0.05, 0.1) is 41.2 Å². The molecule has 2 N–H and O–H groups in total. The first-order valence-electron chi connectivity index (χ1n) is 8.51. The number of amides is 1. The van der Waals surface area contributed by atoms with Crippen molar-refractivity contribution in [2.45, 2.75) is 38.9 Å². The van der Waals surface area contributed by atoms with Crippen molar-refractivity contribution in [3.63, 3.8) is 0 Å². The van der Waals surface area contributed by atoms with Crippen molar-refractivity contribution in [1.29, 1.82) is 5.26 Å². The van der Waals surface area contributed by atoms with Gasteiger partial charge in [0.25, 0.3) is 0 Å². The van der Waals surface area contributed by atoms with Gasteiger partial charge in [-0.05, 0) is 33.8 Å². The number of aromatic nitrogens is 2. The number of nitrogens with one attached hydrogen (secondary N) is 1. The van der Waals surface area contributed by atoms with Crippen LogP contribution in [0.5, 0.6) is 5.75 Å². The van der Waals surface area contributed by atoms with E-state index in [2.05, 4.69) is 16.5 Å². The minimum atomic E-state index is -1.11. The molecular formula is C17H21BN4O5. The monoisotopic (exact) mass is 372 g/mol. The Kier molecular flexibility index (Phi) is 4.76. The summed E-state index contributed by atoms with van der Waals surface area (Å²) in [6, 6.07) is 3.87. The topological polar surface area (TPSA) is 118 Å². The lowest BCUT2D eigenvalue weighted by atomic mass is 9.78. The van der Waals surface area contributed by atoms with Crippen molar-refractivity contribution in [3.8, 4) is 11.8 Å². The van der Waals surface area contributed by atoms with Gasteiger partial charge < -0.3 is 24.5 Å². The Balaban J connectivity index is 1.96. The standard InChI is InChI=1S/C17H21BN4O5/c1-16(2)17(3,4)27-18(26-16)13-7-12(25-6-5-20-15(23)24)10-22-14(13)11(8-19)9-21-22/h7,9-10,20H,5-6H2,1-4H3,(H,23,24). The number of nitrogens with zero attached hydrogens (tertiary/aromatic N) is 3. The molecule has 1 amide bonds. The smallest absolute Gasteiger partial charge is 0.490 e. The summed E-state index contributed by atoms with van der Waals surface area (Å²) in [7, 11) is -0.693. The highest BCUT2D eigenvalue weighted by Crippen LogP contribution is 2.37. The molecule has 27 heavy (non-hydrogen) atoms. The van der Waals surface area contributed by atoms with Crippen LogP contribution < -0.4 is 15.5 Å². The van der Waals surface area contributed by atoms with Crippen LogP contribution in [0.1, 0.15) is 33.3 Å². The van der Waals surface area contributed by atoms with Gasteiger partial charge in [0.2, 0.25) is 0 Å². The lowest BCUT2D eigenvalue weighted by Crippen LogP contribution is -2.41. The van der Waals surface area contributed by atoms with Crippen LogP contribution in [0.2, 0.25) is 0 Å². The van der Waals surface area contributed by atoms with Gasteiger partial charge in [-0.3, -0.25) is 0 Å². The molecule has 1 aliphatic heterocycles. The Labute approximate surface area is 157 Å². The number of hydrogen-bond acceptors (Lipinski definition) is 6. The molecule has 1 saturated heterocycles. The second kappa shape index (κ2) is 6.76. The van der Waals surface area contributed by atoms with Gasteiger partial charge in [-0.15, -0.1) is 0 Å². The zero-order valence-electron chi connectivity index (χ0n) is 15.6. The number of carbonyl (C=O) groups is 1. The largest absolute Gasteiger partial charge is 0.497 e. The summed E-state index contributed by atoms with van der Waals surface area (Å²) >= 11 is 0. The molecule has 10 heteroatoms. The van der Waals surface area contributed by atoms with Crippen molar-refractivity contribution in [2.24, 2.45) is 0 Å². The summed E-state index contributed by atoms with van der Waals surface area (Å²) in [5, 5.41) is 24.5. The third-order valence-corrected chi connectivity index (χ3v) is 4.89. The van der Waals surface area contributed by atoms with Crippen molar-refractivity contribution in [1.82, 2.24) is 14.9 Å². The molecule has 1 aliphatic rings. The molecular weight excluding hydrogens is 351 g/mol. The van der Waals surface area contributed by atoms with E-state index in [1.165, 1.54) is 6.20 Å². The molecule has 0 unspecified atom stereocenters. The quantitative estimate of drug-likeness (QED) is 0.597. The number of carboxylic acid groups (broad SMARTS) is 1. The third kappa shape index (κ3) is 3.56. The molecule has 0 saturated carbocycles. The van der Waals surface area contributed by atoms with Gasteiger partial charge in [0.15, 0.2) is 0 Å². The lowest BCUT2D eigenvalue weighted by Gasteiger charge is -2.32. The molecule has 9 nitrogen and oxygen atoms in total. The number of nitriles is 1. The van der Waals surface area contributed by atoms with E-state index < -0.39 is 24.4 Å². The summed E-state index contributed by atoms with van der Waals surface area (Å²) in [4.78, 5) is 10.5. The van der Waals surface area contributed by atoms with Crippen LogP contribution in [0.3, 0.4) is 0 Å². The van der Waals surface area contributed by atoms with E-state index in [0.717, 1.165) is 0 Å². The van der Waals surface area contributed by atoms with Crippen molar-refractivity contribution >= 4 is 24.2 Å². The first-order valence-corrected chi connectivity index (χ1v) is 8.51. The zero-order valence-corrected chi connectivity index (χ0v) is 15.6. The average molecular weight is 372 g/mol. The van der Waals surface area contributed by atoms with Crippen LogP contribution >= 0.6 is 0 Å². The molecule has 2 aromatic heterocycles. The maximum absolute atomic E-state index is 10.5. The minimum absolute atomic E-state index is 0.141. The van der Waals surface area contributed by atoms with Crippen molar-refractivity contribution in [2.75, 3.05) is 13.2 Å². The number of rotatable bonds is 5. The first-order chi connectivity index (χ1) is 12.6. The fourth-order valence-corrected chi connectivity index (χ4v) is 2.76. The van der Waals surface area contributed by atoms with E-state index in [1.807, 2.05) is 27.7 Å². The van der Waals surface area contributed by atoms with Crippen molar-refractivity contribution in [3.05, 3.63) is 24.0 Å². The van der Waals surface area contributed by atoms with Crippen LogP contribution in [0.4, 0.5) is 4.79 Å². The summed E-state index contributed by atoms with van der Waals surface area (Å²) in [6.45, 7) is 8.08. The maximum Gasteiger partial charge on any atom is 0.497 e. The van der Waals surface area contributed by atoms with E-state index in [4.69, 9.17) is 19.2 Å². The SMILES string of the molecule is CC1(C)OB(c2cc(OCCNC(=O)O)cn3ncc(C#N)c23)OC1(C)C. The number of fused-ring (bicyclic) bond motifs is 1. The fourth-order valence-electron chi connectivity index (χ4n) is 2.76. The minimum Gasteiger partial charge on any atom is -0.490 e. The molecule has 0 radical (unpaired) electrons. The second-order valence-corrected chi connectivity index (χ2v) is 7.26. The molecule has 3 heterocycles. The van der Waals surface area contributed by atoms with Crippen LogP contribution in [-0.4, -0.2) is 52.3 Å². The Hall–Kier alpha value is -2.77. The number of hydrogen-bond donors (Lipinski definition) is 2. The second-order valence-electron chi connectivity index (χ2n) is 7.26. The van der Waals surface area contributed by atoms with E-state index in [-0.39, 0.29) is 13.2 Å². The third-order valence-electron chi connectivity index (χ3n) is 4.89. The molecule has 3 rings (SSSR count). The Morgan fingerprint density at radius 3 is 2.67 bits per heavy atom. The van der Waals surface area contributed by atoms with Gasteiger partial charge >= 0.3 is 13.2 Å². The fraction of sp³-hybridized carbons (Fsp3) is 0.471. The van der Waals surface area contributed by atoms with Crippen molar-refractivity contribution < 1.29 is 23.9 Å². The van der Waals surface area contributed by atoms with E-state index in [1.54, 1.807) is 16.8 Å². The van der Waals surface area contributed by atoms with Crippen LogP contribution in [0, 0.1) is 11.3 Å². The number of ether oxygens (including phenoxy) is 1. The molecule has 0 aromatic carbocycles. The predicted octanol–water partition coefficient (Wildman–Crippen LogP) is 1.15. The highest BCUT2D eigenvalue weighted by Gasteiger charge is 2.52. The predicted molar refractivity (Wildman–Crippen MR) is 97.1 cm³/mol. The van der Waals surface area contributed by atoms with Gasteiger partial charge in [-0.1, -0.05) is 0 Å².